The Kier molecular flexibility index (Phi) is 2.00. The number of aliphatic imine (C=N–C) groups is 1. The molecule has 3 rings (SSSR count). The number of rotatable bonds is 1. The highest BCUT2D eigenvalue weighted by Gasteiger charge is 2.14. The van der Waals surface area contributed by atoms with Crippen LogP contribution in [0.5, 0.6) is 0 Å². The number of aromatic amines is 1. The maximum Gasteiger partial charge on any atom is 0.0708 e. The van der Waals surface area contributed by atoms with Crippen molar-refractivity contribution in [3.63, 3.8) is 0 Å². The van der Waals surface area contributed by atoms with Crippen molar-refractivity contribution in [1.82, 2.24) is 4.98 Å². The van der Waals surface area contributed by atoms with E-state index in [2.05, 4.69) is 35.1 Å². The zero-order valence-electron chi connectivity index (χ0n) is 9.07. The number of fused-ring (bicyclic) bond motifs is 1. The van der Waals surface area contributed by atoms with Crippen molar-refractivity contribution in [2.24, 2.45) is 4.99 Å². The predicted octanol–water partition coefficient (Wildman–Crippen LogP) is 3.66. The van der Waals surface area contributed by atoms with E-state index in [-0.39, 0.29) is 0 Å². The molecule has 0 bridgehead atoms. The summed E-state index contributed by atoms with van der Waals surface area (Å²) in [5.41, 5.74) is 5.87. The van der Waals surface area contributed by atoms with Crippen molar-refractivity contribution in [1.29, 1.82) is 0 Å². The number of allylic oxidation sites excluding steroid dienone is 2. The summed E-state index contributed by atoms with van der Waals surface area (Å²) in [6, 6.07) is 12.3. The summed E-state index contributed by atoms with van der Waals surface area (Å²) in [6.07, 6.45) is 3.89. The third kappa shape index (κ3) is 1.31. The quantitative estimate of drug-likeness (QED) is 0.740. The van der Waals surface area contributed by atoms with Gasteiger partial charge in [0, 0.05) is 29.2 Å². The first-order valence-corrected chi connectivity index (χ1v) is 5.34. The number of aromatic nitrogens is 1. The zero-order valence-corrected chi connectivity index (χ0v) is 9.07. The molecule has 0 fully saturated rings. The molecule has 1 aromatic carbocycles. The highest BCUT2D eigenvalue weighted by atomic mass is 14.8. The summed E-state index contributed by atoms with van der Waals surface area (Å²) in [5, 5.41) is 0. The second kappa shape index (κ2) is 3.49. The van der Waals surface area contributed by atoms with Crippen molar-refractivity contribution in [3.05, 3.63) is 53.9 Å². The van der Waals surface area contributed by atoms with Gasteiger partial charge < -0.3 is 4.98 Å². The molecule has 0 saturated carbocycles. The normalized spacial score (nSPS) is 16.3. The number of hydrogen-bond acceptors (Lipinski definition) is 1. The van der Waals surface area contributed by atoms with Crippen LogP contribution in [0.4, 0.5) is 5.69 Å². The summed E-state index contributed by atoms with van der Waals surface area (Å²) < 4.78 is 0. The van der Waals surface area contributed by atoms with Crippen LogP contribution in [0.15, 0.2) is 47.6 Å². The summed E-state index contributed by atoms with van der Waals surface area (Å²) in [7, 11) is 0. The van der Waals surface area contributed by atoms with Crippen LogP contribution in [-0.2, 0) is 0 Å². The predicted molar refractivity (Wildman–Crippen MR) is 67.9 cm³/mol. The highest BCUT2D eigenvalue weighted by molar-refractivity contribution is 6.23. The van der Waals surface area contributed by atoms with Crippen LogP contribution in [0.2, 0.25) is 0 Å². The first-order valence-electron chi connectivity index (χ1n) is 5.34. The SMILES string of the molecule is CC(=C1C=Nc2ccccc21)c1ccc[nH]1. The minimum atomic E-state index is 1.06. The summed E-state index contributed by atoms with van der Waals surface area (Å²) in [4.78, 5) is 7.64. The monoisotopic (exact) mass is 208 g/mol. The van der Waals surface area contributed by atoms with Gasteiger partial charge in [-0.2, -0.15) is 0 Å². The fourth-order valence-corrected chi connectivity index (χ4v) is 2.03. The van der Waals surface area contributed by atoms with E-state index in [1.807, 2.05) is 30.6 Å². The van der Waals surface area contributed by atoms with Gasteiger partial charge in [-0.25, -0.2) is 0 Å². The highest BCUT2D eigenvalue weighted by Crippen LogP contribution is 2.35. The lowest BCUT2D eigenvalue weighted by atomic mass is 10.0. The summed E-state index contributed by atoms with van der Waals surface area (Å²) in [6.45, 7) is 2.12. The number of H-pyrrole nitrogens is 1. The molecule has 0 atom stereocenters. The van der Waals surface area contributed by atoms with Crippen LogP contribution in [0.3, 0.4) is 0 Å². The molecule has 1 aliphatic heterocycles. The molecule has 0 aliphatic carbocycles. The van der Waals surface area contributed by atoms with E-state index in [1.54, 1.807) is 0 Å². The minimum Gasteiger partial charge on any atom is -0.361 e. The van der Waals surface area contributed by atoms with Gasteiger partial charge in [0.15, 0.2) is 0 Å². The molecule has 0 radical (unpaired) electrons. The van der Waals surface area contributed by atoms with E-state index in [0.29, 0.717) is 0 Å². The Morgan fingerprint density at radius 1 is 1.12 bits per heavy atom. The van der Waals surface area contributed by atoms with Gasteiger partial charge >= 0.3 is 0 Å². The van der Waals surface area contributed by atoms with Crippen LogP contribution in [0.1, 0.15) is 18.2 Å². The van der Waals surface area contributed by atoms with Crippen molar-refractivity contribution in [3.8, 4) is 0 Å². The Morgan fingerprint density at radius 3 is 2.81 bits per heavy atom. The molecule has 2 aromatic rings. The number of para-hydroxylation sites is 1. The standard InChI is InChI=1S/C14H12N2/c1-10(13-7-4-8-15-13)12-9-16-14-6-3-2-5-11(12)14/h2-9,15H,1H3. The maximum atomic E-state index is 4.41. The first kappa shape index (κ1) is 9.16. The lowest BCUT2D eigenvalue weighted by molar-refractivity contribution is 1.34. The van der Waals surface area contributed by atoms with Crippen LogP contribution in [-0.4, -0.2) is 11.2 Å². The number of nitrogens with one attached hydrogen (secondary N) is 1. The first-order chi connectivity index (χ1) is 7.86. The topological polar surface area (TPSA) is 28.1 Å². The van der Waals surface area contributed by atoms with Gasteiger partial charge in [0.05, 0.1) is 5.69 Å². The average Bonchev–Trinajstić information content (AvgIpc) is 2.98. The van der Waals surface area contributed by atoms with Gasteiger partial charge in [0.25, 0.3) is 0 Å². The van der Waals surface area contributed by atoms with Crippen LogP contribution in [0, 0.1) is 0 Å². The lowest BCUT2D eigenvalue weighted by Crippen LogP contribution is -1.87. The fraction of sp³-hybridized carbons (Fsp3) is 0.0714. The van der Waals surface area contributed by atoms with Gasteiger partial charge in [-0.05, 0) is 30.7 Å². The molecular weight excluding hydrogens is 196 g/mol. The summed E-state index contributed by atoms with van der Waals surface area (Å²) in [5.74, 6) is 0. The second-order valence-corrected chi connectivity index (χ2v) is 3.90. The minimum absolute atomic E-state index is 1.06. The molecule has 2 nitrogen and oxygen atoms in total. The van der Waals surface area contributed by atoms with Gasteiger partial charge in [-0.3, -0.25) is 4.99 Å². The molecule has 2 heteroatoms. The van der Waals surface area contributed by atoms with Gasteiger partial charge in [-0.15, -0.1) is 0 Å². The van der Waals surface area contributed by atoms with E-state index < -0.39 is 0 Å². The number of hydrogen-bond donors (Lipinski definition) is 1. The molecule has 0 spiro atoms. The Morgan fingerprint density at radius 2 is 2.00 bits per heavy atom. The third-order valence-corrected chi connectivity index (χ3v) is 2.93. The van der Waals surface area contributed by atoms with Crippen molar-refractivity contribution < 1.29 is 0 Å². The van der Waals surface area contributed by atoms with Gasteiger partial charge in [0.1, 0.15) is 0 Å². The maximum absolute atomic E-state index is 4.41. The van der Waals surface area contributed by atoms with E-state index >= 15 is 0 Å². The van der Waals surface area contributed by atoms with E-state index in [4.69, 9.17) is 0 Å². The molecule has 16 heavy (non-hydrogen) atoms. The van der Waals surface area contributed by atoms with Gasteiger partial charge in [-0.1, -0.05) is 18.2 Å². The van der Waals surface area contributed by atoms with Gasteiger partial charge in [0.2, 0.25) is 0 Å². The lowest BCUT2D eigenvalue weighted by Gasteiger charge is -2.04. The fourth-order valence-electron chi connectivity index (χ4n) is 2.03. The van der Waals surface area contributed by atoms with Crippen LogP contribution >= 0.6 is 0 Å². The second-order valence-electron chi connectivity index (χ2n) is 3.90. The molecule has 0 unspecified atom stereocenters. The Labute approximate surface area is 94.4 Å². The zero-order chi connectivity index (χ0) is 11.0. The average molecular weight is 208 g/mol. The van der Waals surface area contributed by atoms with E-state index in [1.165, 1.54) is 16.7 Å². The molecule has 78 valence electrons. The molecule has 0 saturated heterocycles. The van der Waals surface area contributed by atoms with Crippen LogP contribution < -0.4 is 0 Å². The Hall–Kier alpha value is -2.09. The summed E-state index contributed by atoms with van der Waals surface area (Å²) >= 11 is 0. The number of benzene rings is 1. The largest absolute Gasteiger partial charge is 0.361 e. The number of nitrogens with zero attached hydrogens (tertiary/aromatic N) is 1. The van der Waals surface area contributed by atoms with Crippen molar-refractivity contribution in [2.75, 3.05) is 0 Å². The van der Waals surface area contributed by atoms with E-state index in [9.17, 15) is 0 Å². The molecule has 1 aromatic heterocycles. The van der Waals surface area contributed by atoms with E-state index in [0.717, 1.165) is 11.4 Å². The molecular formula is C14H12N2. The van der Waals surface area contributed by atoms with Crippen molar-refractivity contribution in [2.45, 2.75) is 6.92 Å². The molecule has 1 N–H and O–H groups in total. The molecule has 0 amide bonds. The van der Waals surface area contributed by atoms with Crippen molar-refractivity contribution >= 4 is 23.0 Å². The Balaban J connectivity index is 2.17. The molecule has 1 aliphatic rings. The third-order valence-electron chi connectivity index (χ3n) is 2.93. The van der Waals surface area contributed by atoms with Crippen LogP contribution in [0.25, 0.3) is 11.1 Å². The Bertz CT molecular complexity index is 575. The molecule has 2 heterocycles. The smallest absolute Gasteiger partial charge is 0.0708 e.